The zero-order chi connectivity index (χ0) is 21.8. The van der Waals surface area contributed by atoms with Crippen LogP contribution in [0, 0.1) is 0 Å². The molecule has 0 aliphatic carbocycles. The Bertz CT molecular complexity index is 1090. The van der Waals surface area contributed by atoms with Gasteiger partial charge in [-0.15, -0.1) is 5.10 Å². The third-order valence-electron chi connectivity index (χ3n) is 5.83. The van der Waals surface area contributed by atoms with E-state index in [1.54, 1.807) is 0 Å². The Labute approximate surface area is 192 Å². The predicted molar refractivity (Wildman–Crippen MR) is 124 cm³/mol. The van der Waals surface area contributed by atoms with Crippen LogP contribution in [0.1, 0.15) is 34.6 Å². The number of benzene rings is 3. The topological polar surface area (TPSA) is 56.1 Å². The van der Waals surface area contributed by atoms with Gasteiger partial charge in [0.1, 0.15) is 6.04 Å². The number of tetrazole rings is 1. The third kappa shape index (κ3) is 4.30. The molecule has 2 heterocycles. The Balaban J connectivity index is 1.64. The summed E-state index contributed by atoms with van der Waals surface area (Å²) < 4.78 is 7.58. The molecule has 1 unspecified atom stereocenters. The molecule has 3 aromatic carbocycles. The quantitative estimate of drug-likeness (QED) is 0.440. The summed E-state index contributed by atoms with van der Waals surface area (Å²) in [6, 6.07) is 28.4. The molecule has 0 spiro atoms. The van der Waals surface area contributed by atoms with E-state index in [0.29, 0.717) is 18.2 Å². The van der Waals surface area contributed by atoms with Gasteiger partial charge in [0.05, 0.1) is 19.3 Å². The highest BCUT2D eigenvalue weighted by Gasteiger charge is 2.32. The number of nitrogens with zero attached hydrogens (tertiary/aromatic N) is 5. The lowest BCUT2D eigenvalue weighted by molar-refractivity contribution is 0.0215. The third-order valence-corrected chi connectivity index (χ3v) is 6.09. The van der Waals surface area contributed by atoms with Crippen molar-refractivity contribution >= 4 is 11.6 Å². The van der Waals surface area contributed by atoms with E-state index in [2.05, 4.69) is 56.8 Å². The van der Waals surface area contributed by atoms with Crippen LogP contribution in [-0.2, 0) is 4.74 Å². The lowest BCUT2D eigenvalue weighted by Gasteiger charge is -2.34. The van der Waals surface area contributed by atoms with Crippen molar-refractivity contribution in [1.82, 2.24) is 25.1 Å². The van der Waals surface area contributed by atoms with Crippen molar-refractivity contribution in [2.45, 2.75) is 12.1 Å². The zero-order valence-electron chi connectivity index (χ0n) is 17.6. The van der Waals surface area contributed by atoms with Crippen molar-refractivity contribution in [3.05, 3.63) is 112 Å². The van der Waals surface area contributed by atoms with Crippen LogP contribution in [-0.4, -0.2) is 51.4 Å². The second-order valence-electron chi connectivity index (χ2n) is 7.81. The van der Waals surface area contributed by atoms with Gasteiger partial charge in [0.25, 0.3) is 0 Å². The first-order valence-electron chi connectivity index (χ1n) is 10.8. The molecule has 1 aliphatic heterocycles. The van der Waals surface area contributed by atoms with E-state index in [1.807, 2.05) is 53.2 Å². The van der Waals surface area contributed by atoms with E-state index in [-0.39, 0.29) is 12.1 Å². The summed E-state index contributed by atoms with van der Waals surface area (Å²) in [7, 11) is 0. The second-order valence-corrected chi connectivity index (χ2v) is 8.24. The highest BCUT2D eigenvalue weighted by molar-refractivity contribution is 6.30. The number of halogens is 1. The number of rotatable bonds is 6. The molecular weight excluding hydrogens is 422 g/mol. The number of ether oxygens (including phenoxy) is 1. The van der Waals surface area contributed by atoms with Crippen LogP contribution in [0.3, 0.4) is 0 Å². The summed E-state index contributed by atoms with van der Waals surface area (Å²) in [6.07, 6.45) is 0. The first-order valence-corrected chi connectivity index (χ1v) is 11.1. The number of aromatic nitrogens is 4. The summed E-state index contributed by atoms with van der Waals surface area (Å²) >= 11 is 6.19. The summed E-state index contributed by atoms with van der Waals surface area (Å²) in [5, 5.41) is 13.9. The summed E-state index contributed by atoms with van der Waals surface area (Å²) in [6.45, 7) is 2.99. The highest BCUT2D eigenvalue weighted by Crippen LogP contribution is 2.33. The van der Waals surface area contributed by atoms with Gasteiger partial charge in [0.15, 0.2) is 5.82 Å². The first kappa shape index (κ1) is 20.8. The molecule has 0 amide bonds. The Morgan fingerprint density at radius 2 is 1.28 bits per heavy atom. The molecule has 5 rings (SSSR count). The van der Waals surface area contributed by atoms with Crippen molar-refractivity contribution in [1.29, 1.82) is 0 Å². The molecule has 162 valence electrons. The number of morpholine rings is 1. The fraction of sp³-hybridized carbons (Fsp3) is 0.240. The maximum Gasteiger partial charge on any atom is 0.174 e. The van der Waals surface area contributed by atoms with Crippen molar-refractivity contribution in [2.75, 3.05) is 26.3 Å². The van der Waals surface area contributed by atoms with Crippen LogP contribution in [0.5, 0.6) is 0 Å². The minimum Gasteiger partial charge on any atom is -0.379 e. The Morgan fingerprint density at radius 3 is 1.88 bits per heavy atom. The smallest absolute Gasteiger partial charge is 0.174 e. The number of hydrogen-bond acceptors (Lipinski definition) is 5. The van der Waals surface area contributed by atoms with Crippen molar-refractivity contribution < 1.29 is 4.74 Å². The predicted octanol–water partition coefficient (Wildman–Crippen LogP) is 4.39. The van der Waals surface area contributed by atoms with Gasteiger partial charge >= 0.3 is 0 Å². The molecule has 0 N–H and O–H groups in total. The van der Waals surface area contributed by atoms with Gasteiger partial charge in [0, 0.05) is 18.1 Å². The van der Waals surface area contributed by atoms with E-state index < -0.39 is 0 Å². The van der Waals surface area contributed by atoms with Gasteiger partial charge in [-0.1, -0.05) is 84.4 Å². The molecule has 1 fully saturated rings. The fourth-order valence-electron chi connectivity index (χ4n) is 4.31. The van der Waals surface area contributed by atoms with Gasteiger partial charge < -0.3 is 4.74 Å². The monoisotopic (exact) mass is 445 g/mol. The van der Waals surface area contributed by atoms with Crippen LogP contribution >= 0.6 is 11.6 Å². The van der Waals surface area contributed by atoms with E-state index >= 15 is 0 Å². The molecule has 32 heavy (non-hydrogen) atoms. The lowest BCUT2D eigenvalue weighted by Crippen LogP contribution is -2.41. The van der Waals surface area contributed by atoms with E-state index in [9.17, 15) is 0 Å². The minimum absolute atomic E-state index is 0.110. The Hall–Kier alpha value is -3.06. The maximum absolute atomic E-state index is 6.19. The van der Waals surface area contributed by atoms with Crippen LogP contribution in [0.4, 0.5) is 0 Å². The van der Waals surface area contributed by atoms with E-state index in [0.717, 1.165) is 35.6 Å². The van der Waals surface area contributed by atoms with Gasteiger partial charge in [-0.2, -0.15) is 0 Å². The molecule has 0 saturated carbocycles. The van der Waals surface area contributed by atoms with Crippen molar-refractivity contribution in [3.8, 4) is 0 Å². The van der Waals surface area contributed by atoms with E-state index in [1.165, 1.54) is 0 Å². The summed E-state index contributed by atoms with van der Waals surface area (Å²) in [5.74, 6) is 0.798. The molecule has 1 saturated heterocycles. The first-order chi connectivity index (χ1) is 15.8. The molecule has 4 aromatic rings. The standard InChI is InChI=1S/C25H24ClN5O/c26-22-13-11-21(12-14-22)24(30-15-17-32-18-16-30)25-27-28-29-31(25)23(19-7-3-1-4-8-19)20-9-5-2-6-10-20/h1-14,23-24H,15-18H2. The minimum atomic E-state index is -0.141. The molecule has 7 heteroatoms. The molecule has 1 atom stereocenters. The largest absolute Gasteiger partial charge is 0.379 e. The molecule has 6 nitrogen and oxygen atoms in total. The van der Waals surface area contributed by atoms with Gasteiger partial charge in [-0.3, -0.25) is 4.90 Å². The molecular formula is C25H24ClN5O. The fourth-order valence-corrected chi connectivity index (χ4v) is 4.44. The highest BCUT2D eigenvalue weighted by atomic mass is 35.5. The molecule has 1 aliphatic rings. The normalized spacial score (nSPS) is 15.7. The number of hydrogen-bond donors (Lipinski definition) is 0. The van der Waals surface area contributed by atoms with Crippen LogP contribution in [0.25, 0.3) is 0 Å². The lowest BCUT2D eigenvalue weighted by atomic mass is 9.97. The molecule has 0 bridgehead atoms. The SMILES string of the molecule is Clc1ccc(C(c2nnnn2C(c2ccccc2)c2ccccc2)N2CCOCC2)cc1. The molecule has 0 radical (unpaired) electrons. The van der Waals surface area contributed by atoms with Crippen molar-refractivity contribution in [3.63, 3.8) is 0 Å². The summed E-state index contributed by atoms with van der Waals surface area (Å²) in [5.41, 5.74) is 3.36. The van der Waals surface area contributed by atoms with Crippen LogP contribution in [0.15, 0.2) is 84.9 Å². The average Bonchev–Trinajstić information content (AvgIpc) is 3.31. The average molecular weight is 446 g/mol. The maximum atomic E-state index is 6.19. The van der Waals surface area contributed by atoms with Crippen LogP contribution < -0.4 is 0 Å². The second kappa shape index (κ2) is 9.61. The van der Waals surface area contributed by atoms with Gasteiger partial charge in [0.2, 0.25) is 0 Å². The summed E-state index contributed by atoms with van der Waals surface area (Å²) in [4.78, 5) is 2.38. The van der Waals surface area contributed by atoms with Crippen LogP contribution in [0.2, 0.25) is 5.02 Å². The molecule has 1 aromatic heterocycles. The van der Waals surface area contributed by atoms with Gasteiger partial charge in [-0.05, 0) is 39.2 Å². The Kier molecular flexibility index (Phi) is 6.25. The van der Waals surface area contributed by atoms with Gasteiger partial charge in [-0.25, -0.2) is 4.68 Å². The Morgan fingerprint density at radius 1 is 0.719 bits per heavy atom. The zero-order valence-corrected chi connectivity index (χ0v) is 18.3. The van der Waals surface area contributed by atoms with E-state index in [4.69, 9.17) is 16.3 Å². The van der Waals surface area contributed by atoms with Crippen molar-refractivity contribution in [2.24, 2.45) is 0 Å².